The lowest BCUT2D eigenvalue weighted by Gasteiger charge is -2.09. The van der Waals surface area contributed by atoms with Gasteiger partial charge in [-0.2, -0.15) is 0 Å². The minimum atomic E-state index is -1.02. The van der Waals surface area contributed by atoms with Gasteiger partial charge in [-0.1, -0.05) is 17.7 Å². The zero-order valence-corrected chi connectivity index (χ0v) is 10.3. The van der Waals surface area contributed by atoms with E-state index in [1.807, 2.05) is 6.92 Å². The second-order valence-corrected chi connectivity index (χ2v) is 4.37. The Morgan fingerprint density at radius 1 is 1.17 bits per heavy atom. The van der Waals surface area contributed by atoms with Gasteiger partial charge in [0.25, 0.3) is 0 Å². The van der Waals surface area contributed by atoms with E-state index in [-0.39, 0.29) is 5.56 Å². The van der Waals surface area contributed by atoms with Crippen molar-refractivity contribution in [2.45, 2.75) is 6.92 Å². The van der Waals surface area contributed by atoms with E-state index in [1.165, 1.54) is 30.3 Å². The summed E-state index contributed by atoms with van der Waals surface area (Å²) in [6, 6.07) is 8.71. The molecule has 2 nitrogen and oxygen atoms in total. The molecule has 0 atom stereocenters. The number of carboxylic acid groups (broad SMARTS) is 1. The molecule has 0 aliphatic rings. The van der Waals surface area contributed by atoms with Crippen molar-refractivity contribution in [3.05, 3.63) is 58.4 Å². The van der Waals surface area contributed by atoms with Gasteiger partial charge >= 0.3 is 5.97 Å². The zero-order valence-electron chi connectivity index (χ0n) is 9.58. The standard InChI is InChI=1S/C14H10ClFO2/c1-8-2-3-9(14(17)18)6-11(8)12-7-10(16)4-5-13(12)15/h2-7H,1H3,(H,17,18). The number of hydrogen-bond acceptors (Lipinski definition) is 1. The fourth-order valence-corrected chi connectivity index (χ4v) is 1.97. The molecule has 0 radical (unpaired) electrons. The smallest absolute Gasteiger partial charge is 0.335 e. The van der Waals surface area contributed by atoms with E-state index >= 15 is 0 Å². The van der Waals surface area contributed by atoms with Gasteiger partial charge in [0.2, 0.25) is 0 Å². The molecule has 2 rings (SSSR count). The van der Waals surface area contributed by atoms with Crippen molar-refractivity contribution in [1.82, 2.24) is 0 Å². The summed E-state index contributed by atoms with van der Waals surface area (Å²) in [5.74, 6) is -1.43. The summed E-state index contributed by atoms with van der Waals surface area (Å²) in [6.07, 6.45) is 0. The van der Waals surface area contributed by atoms with Gasteiger partial charge < -0.3 is 5.11 Å². The lowest BCUT2D eigenvalue weighted by molar-refractivity contribution is 0.0697. The van der Waals surface area contributed by atoms with Crippen LogP contribution < -0.4 is 0 Å². The summed E-state index contributed by atoms with van der Waals surface area (Å²) in [4.78, 5) is 10.9. The van der Waals surface area contributed by atoms with Crippen LogP contribution in [0.15, 0.2) is 36.4 Å². The van der Waals surface area contributed by atoms with Crippen molar-refractivity contribution in [3.8, 4) is 11.1 Å². The maximum Gasteiger partial charge on any atom is 0.335 e. The van der Waals surface area contributed by atoms with Crippen molar-refractivity contribution in [3.63, 3.8) is 0 Å². The second-order valence-electron chi connectivity index (χ2n) is 3.96. The van der Waals surface area contributed by atoms with Gasteiger partial charge in [0.15, 0.2) is 0 Å². The first kappa shape index (κ1) is 12.6. The highest BCUT2D eigenvalue weighted by atomic mass is 35.5. The highest BCUT2D eigenvalue weighted by Gasteiger charge is 2.11. The van der Waals surface area contributed by atoms with Crippen LogP contribution in [-0.4, -0.2) is 11.1 Å². The maximum absolute atomic E-state index is 13.2. The van der Waals surface area contributed by atoms with Crippen LogP contribution >= 0.6 is 11.6 Å². The van der Waals surface area contributed by atoms with Gasteiger partial charge in [0, 0.05) is 10.6 Å². The first-order valence-electron chi connectivity index (χ1n) is 5.28. The minimum absolute atomic E-state index is 0.149. The molecule has 2 aromatic carbocycles. The van der Waals surface area contributed by atoms with Crippen LogP contribution in [0.1, 0.15) is 15.9 Å². The molecular formula is C14H10ClFO2. The number of carboxylic acids is 1. The normalized spacial score (nSPS) is 10.4. The number of hydrogen-bond donors (Lipinski definition) is 1. The fraction of sp³-hybridized carbons (Fsp3) is 0.0714. The fourth-order valence-electron chi connectivity index (χ4n) is 1.75. The van der Waals surface area contributed by atoms with Crippen molar-refractivity contribution < 1.29 is 14.3 Å². The molecular weight excluding hydrogens is 255 g/mol. The lowest BCUT2D eigenvalue weighted by atomic mass is 9.98. The maximum atomic E-state index is 13.2. The first-order valence-corrected chi connectivity index (χ1v) is 5.66. The molecule has 0 unspecified atom stereocenters. The predicted molar refractivity (Wildman–Crippen MR) is 68.5 cm³/mol. The highest BCUT2D eigenvalue weighted by molar-refractivity contribution is 6.33. The van der Waals surface area contributed by atoms with E-state index in [4.69, 9.17) is 16.7 Å². The summed E-state index contributed by atoms with van der Waals surface area (Å²) < 4.78 is 13.2. The Bertz CT molecular complexity index is 623. The number of aryl methyl sites for hydroxylation is 1. The molecule has 0 heterocycles. The Labute approximate surface area is 109 Å². The molecule has 0 saturated carbocycles. The molecule has 0 amide bonds. The molecule has 92 valence electrons. The number of aromatic carboxylic acids is 1. The SMILES string of the molecule is Cc1ccc(C(=O)O)cc1-c1cc(F)ccc1Cl. The van der Waals surface area contributed by atoms with E-state index in [2.05, 4.69) is 0 Å². The Kier molecular flexibility index (Phi) is 3.34. The van der Waals surface area contributed by atoms with Crippen LogP contribution in [0.3, 0.4) is 0 Å². The molecule has 0 saturated heterocycles. The van der Waals surface area contributed by atoms with Crippen molar-refractivity contribution in [2.24, 2.45) is 0 Å². The molecule has 18 heavy (non-hydrogen) atoms. The third-order valence-corrected chi connectivity index (χ3v) is 3.03. The largest absolute Gasteiger partial charge is 0.478 e. The molecule has 0 fully saturated rings. The molecule has 2 aromatic rings. The van der Waals surface area contributed by atoms with Gasteiger partial charge in [-0.3, -0.25) is 0 Å². The average Bonchev–Trinajstić information content (AvgIpc) is 2.33. The minimum Gasteiger partial charge on any atom is -0.478 e. The molecule has 0 spiro atoms. The molecule has 0 bridgehead atoms. The Morgan fingerprint density at radius 2 is 1.89 bits per heavy atom. The van der Waals surface area contributed by atoms with Gasteiger partial charge in [0.05, 0.1) is 5.56 Å². The van der Waals surface area contributed by atoms with Crippen LogP contribution in [0.4, 0.5) is 4.39 Å². The van der Waals surface area contributed by atoms with E-state index in [9.17, 15) is 9.18 Å². The van der Waals surface area contributed by atoms with Crippen molar-refractivity contribution in [2.75, 3.05) is 0 Å². The molecule has 0 aliphatic heterocycles. The van der Waals surface area contributed by atoms with Gasteiger partial charge in [-0.05, 0) is 48.4 Å². The lowest BCUT2D eigenvalue weighted by Crippen LogP contribution is -1.97. The van der Waals surface area contributed by atoms with Crippen LogP contribution in [0.2, 0.25) is 5.02 Å². The summed E-state index contributed by atoms with van der Waals surface area (Å²) in [6.45, 7) is 1.82. The Balaban J connectivity index is 2.66. The van der Waals surface area contributed by atoms with E-state index in [0.29, 0.717) is 16.1 Å². The van der Waals surface area contributed by atoms with Crippen molar-refractivity contribution >= 4 is 17.6 Å². The summed E-state index contributed by atoms with van der Waals surface area (Å²) in [5, 5.41) is 9.35. The molecule has 0 aliphatic carbocycles. The highest BCUT2D eigenvalue weighted by Crippen LogP contribution is 2.31. The summed E-state index contributed by atoms with van der Waals surface area (Å²) in [5.41, 5.74) is 2.11. The van der Waals surface area contributed by atoms with E-state index < -0.39 is 11.8 Å². The summed E-state index contributed by atoms with van der Waals surface area (Å²) in [7, 11) is 0. The number of rotatable bonds is 2. The quantitative estimate of drug-likeness (QED) is 0.885. The Hall–Kier alpha value is -1.87. The number of benzene rings is 2. The van der Waals surface area contributed by atoms with Crippen LogP contribution in [-0.2, 0) is 0 Å². The van der Waals surface area contributed by atoms with Crippen LogP contribution in [0.5, 0.6) is 0 Å². The van der Waals surface area contributed by atoms with Crippen LogP contribution in [0, 0.1) is 12.7 Å². The van der Waals surface area contributed by atoms with Gasteiger partial charge in [-0.15, -0.1) is 0 Å². The predicted octanol–water partition coefficient (Wildman–Crippen LogP) is 4.15. The van der Waals surface area contributed by atoms with Gasteiger partial charge in [0.1, 0.15) is 5.82 Å². The van der Waals surface area contributed by atoms with Gasteiger partial charge in [-0.25, -0.2) is 9.18 Å². The molecule has 1 N–H and O–H groups in total. The molecule has 4 heteroatoms. The van der Waals surface area contributed by atoms with Crippen molar-refractivity contribution in [1.29, 1.82) is 0 Å². The van der Waals surface area contributed by atoms with E-state index in [1.54, 1.807) is 6.07 Å². The zero-order chi connectivity index (χ0) is 13.3. The summed E-state index contributed by atoms with van der Waals surface area (Å²) >= 11 is 6.02. The second kappa shape index (κ2) is 4.78. The monoisotopic (exact) mass is 264 g/mol. The first-order chi connectivity index (χ1) is 8.49. The van der Waals surface area contributed by atoms with E-state index in [0.717, 1.165) is 5.56 Å². The van der Waals surface area contributed by atoms with Crippen LogP contribution in [0.25, 0.3) is 11.1 Å². The number of carbonyl (C=O) groups is 1. The topological polar surface area (TPSA) is 37.3 Å². The number of halogens is 2. The average molecular weight is 265 g/mol. The Morgan fingerprint density at radius 3 is 2.56 bits per heavy atom. The third kappa shape index (κ3) is 2.36. The molecule has 0 aromatic heterocycles. The third-order valence-electron chi connectivity index (χ3n) is 2.70.